The molecule has 1 saturated heterocycles. The molecule has 0 unspecified atom stereocenters. The highest BCUT2D eigenvalue weighted by Gasteiger charge is 2.56. The highest BCUT2D eigenvalue weighted by atomic mass is 28.4. The Balaban J connectivity index is 2.53. The number of hydrogen-bond donors (Lipinski definition) is 0. The van der Waals surface area contributed by atoms with Crippen LogP contribution in [0.5, 0.6) is 0 Å². The fraction of sp³-hybridized carbons (Fsp3) is 0.885. The molecule has 1 aliphatic heterocycles. The summed E-state index contributed by atoms with van der Waals surface area (Å²) in [6.07, 6.45) is -0.897. The first kappa shape index (κ1) is 30.7. The van der Waals surface area contributed by atoms with Crippen molar-refractivity contribution in [3.63, 3.8) is 0 Å². The van der Waals surface area contributed by atoms with Crippen molar-refractivity contribution in [1.29, 1.82) is 0 Å². The molecular weight excluding hydrogens is 478 g/mol. The van der Waals surface area contributed by atoms with Crippen LogP contribution in [-0.4, -0.2) is 72.0 Å². The number of nitrogens with zero attached hydrogens (tertiary/aromatic N) is 1. The fourth-order valence-corrected chi connectivity index (χ4v) is 9.04. The lowest BCUT2D eigenvalue weighted by Crippen LogP contribution is -2.57. The van der Waals surface area contributed by atoms with Gasteiger partial charge < -0.3 is 18.3 Å². The van der Waals surface area contributed by atoms with E-state index < -0.39 is 28.5 Å². The van der Waals surface area contributed by atoms with Gasteiger partial charge in [0, 0.05) is 13.0 Å². The molecule has 1 saturated carbocycles. The normalized spacial score (nSPS) is 28.1. The van der Waals surface area contributed by atoms with Gasteiger partial charge >= 0.3 is 0 Å². The Morgan fingerprint density at radius 1 is 1.17 bits per heavy atom. The maximum absolute atomic E-state index is 13.7. The van der Waals surface area contributed by atoms with Crippen LogP contribution in [-0.2, 0) is 28.0 Å². The minimum absolute atomic E-state index is 0.0602. The molecule has 0 N–H and O–H groups in total. The molecule has 35 heavy (non-hydrogen) atoms. The molecule has 1 aliphatic carbocycles. The smallest absolute Gasteiger partial charge is 0.274 e. The van der Waals surface area contributed by atoms with E-state index in [-0.39, 0.29) is 35.2 Å². The molecule has 0 aromatic heterocycles. The molecule has 1 amide bonds. The van der Waals surface area contributed by atoms with Crippen LogP contribution in [0.15, 0.2) is 12.2 Å². The minimum atomic E-state index is -2.30. The summed E-state index contributed by atoms with van der Waals surface area (Å²) in [6.45, 7) is 25.9. The Labute approximate surface area is 216 Å². The Hall–Kier alpha value is -0.556. The number of carbonyl (C=O) groups excluding carboxylic acids is 1. The third kappa shape index (κ3) is 6.48. The van der Waals surface area contributed by atoms with Crippen LogP contribution >= 0.6 is 0 Å². The zero-order valence-corrected chi connectivity index (χ0v) is 26.3. The first-order valence-corrected chi connectivity index (χ1v) is 18.6. The van der Waals surface area contributed by atoms with Crippen LogP contribution in [0.1, 0.15) is 61.8 Å². The van der Waals surface area contributed by atoms with Crippen molar-refractivity contribution in [2.24, 2.45) is 5.92 Å². The summed E-state index contributed by atoms with van der Waals surface area (Å²) in [7, 11) is -1.12. The van der Waals surface area contributed by atoms with Gasteiger partial charge in [-0.1, -0.05) is 48.1 Å². The van der Waals surface area contributed by atoms with Gasteiger partial charge in [-0.15, -0.1) is 0 Å². The quantitative estimate of drug-likeness (QED) is 0.200. The van der Waals surface area contributed by atoms with E-state index >= 15 is 0 Å². The topological polar surface area (TPSA) is 66.5 Å². The lowest BCUT2D eigenvalue weighted by Gasteiger charge is -2.47. The standard InChI is InChI=1S/C26H51NO6Si2/c1-14-35(15-2,16-3)32-20-17-19(18(4)21-23(20)31-26(8,9)30-21)22(24(28)27(10)29-11)33-34(12,13)25(5,6)7/h19-23H,4,14-17H2,1-3,5-13H3/t19-,20-,21+,22-,23-/m1/s1. The van der Waals surface area contributed by atoms with E-state index in [1.807, 2.05) is 13.8 Å². The van der Waals surface area contributed by atoms with E-state index in [1.54, 1.807) is 7.05 Å². The van der Waals surface area contributed by atoms with Crippen LogP contribution < -0.4 is 0 Å². The van der Waals surface area contributed by atoms with Crippen LogP contribution in [0.25, 0.3) is 0 Å². The van der Waals surface area contributed by atoms with Crippen LogP contribution in [0, 0.1) is 5.92 Å². The van der Waals surface area contributed by atoms with Gasteiger partial charge in [0.2, 0.25) is 0 Å². The summed E-state index contributed by atoms with van der Waals surface area (Å²) in [6, 6.07) is 3.12. The second kappa shape index (κ2) is 11.0. The van der Waals surface area contributed by atoms with Gasteiger partial charge in [0.15, 0.2) is 22.4 Å². The molecule has 2 aliphatic rings. The fourth-order valence-electron chi connectivity index (χ4n) is 4.92. The van der Waals surface area contributed by atoms with E-state index in [1.165, 1.54) is 12.2 Å². The first-order chi connectivity index (χ1) is 16.0. The number of rotatable bonds is 10. The van der Waals surface area contributed by atoms with Gasteiger partial charge in [-0.2, -0.15) is 0 Å². The SMILES string of the molecule is C=C1[C@H]([C@@H](O[Si](C)(C)C(C)(C)C)C(=O)N(C)OC)C[C@@H](O[Si](CC)(CC)CC)[C@H]2OC(C)(C)O[C@@H]12. The Bertz CT molecular complexity index is 753. The second-order valence-corrected chi connectivity index (χ2v) is 21.6. The molecule has 7 nitrogen and oxygen atoms in total. The van der Waals surface area contributed by atoms with Gasteiger partial charge in [0.1, 0.15) is 18.3 Å². The minimum Gasteiger partial charge on any atom is -0.411 e. The Morgan fingerprint density at radius 2 is 1.71 bits per heavy atom. The number of hydroxylamine groups is 2. The highest BCUT2D eigenvalue weighted by Crippen LogP contribution is 2.47. The van der Waals surface area contributed by atoms with Crippen LogP contribution in [0.4, 0.5) is 0 Å². The van der Waals surface area contributed by atoms with Gasteiger partial charge in [0.05, 0.1) is 13.2 Å². The lowest BCUT2D eigenvalue weighted by atomic mass is 9.76. The maximum Gasteiger partial charge on any atom is 0.274 e. The van der Waals surface area contributed by atoms with Crippen molar-refractivity contribution in [3.8, 4) is 0 Å². The number of hydrogen-bond acceptors (Lipinski definition) is 6. The molecule has 2 rings (SSSR count). The molecule has 0 bridgehead atoms. The third-order valence-corrected chi connectivity index (χ3v) is 17.7. The largest absolute Gasteiger partial charge is 0.411 e. The van der Waals surface area contributed by atoms with E-state index in [4.69, 9.17) is 23.2 Å². The second-order valence-electron chi connectivity index (χ2n) is 12.2. The summed E-state index contributed by atoms with van der Waals surface area (Å²) in [5, 5.41) is 1.21. The zero-order chi connectivity index (χ0) is 27.0. The molecule has 9 heteroatoms. The predicted molar refractivity (Wildman–Crippen MR) is 145 cm³/mol. The first-order valence-electron chi connectivity index (χ1n) is 13.2. The summed E-state index contributed by atoms with van der Waals surface area (Å²) in [5.74, 6) is -1.22. The van der Waals surface area contributed by atoms with E-state index in [9.17, 15) is 4.79 Å². The Kier molecular flexibility index (Phi) is 9.68. The summed E-state index contributed by atoms with van der Waals surface area (Å²) < 4.78 is 26.6. The van der Waals surface area contributed by atoms with Crippen molar-refractivity contribution in [1.82, 2.24) is 5.06 Å². The number of amides is 1. The highest BCUT2D eigenvalue weighted by molar-refractivity contribution is 6.74. The molecule has 0 aromatic carbocycles. The van der Waals surface area contributed by atoms with Gasteiger partial charge in [0.25, 0.3) is 5.91 Å². The number of likely N-dealkylation sites (N-methyl/N-ethyl adjacent to an activating group) is 1. The summed E-state index contributed by atoms with van der Waals surface area (Å²) in [4.78, 5) is 19.0. The number of carbonyl (C=O) groups is 1. The van der Waals surface area contributed by atoms with E-state index in [2.05, 4.69) is 61.2 Å². The van der Waals surface area contributed by atoms with Crippen LogP contribution in [0.2, 0.25) is 36.3 Å². The van der Waals surface area contributed by atoms with Gasteiger partial charge in [-0.3, -0.25) is 9.63 Å². The van der Waals surface area contributed by atoms with Crippen molar-refractivity contribution < 1.29 is 28.0 Å². The molecule has 204 valence electrons. The predicted octanol–water partition coefficient (Wildman–Crippen LogP) is 5.88. The third-order valence-electron chi connectivity index (χ3n) is 8.58. The molecule has 0 radical (unpaired) electrons. The Morgan fingerprint density at radius 3 is 2.17 bits per heavy atom. The molecular formula is C26H51NO6Si2. The van der Waals surface area contributed by atoms with Gasteiger partial charge in [-0.05, 0) is 62.1 Å². The molecule has 0 aromatic rings. The molecule has 2 fully saturated rings. The molecule has 0 spiro atoms. The van der Waals surface area contributed by atoms with Crippen molar-refractivity contribution >= 4 is 22.5 Å². The molecule has 1 heterocycles. The maximum atomic E-state index is 13.7. The lowest BCUT2D eigenvalue weighted by molar-refractivity contribution is -0.180. The average Bonchev–Trinajstić information content (AvgIpc) is 3.12. The van der Waals surface area contributed by atoms with Crippen molar-refractivity contribution in [2.75, 3.05) is 14.2 Å². The monoisotopic (exact) mass is 529 g/mol. The van der Waals surface area contributed by atoms with Crippen LogP contribution in [0.3, 0.4) is 0 Å². The number of ether oxygens (including phenoxy) is 2. The summed E-state index contributed by atoms with van der Waals surface area (Å²) in [5.41, 5.74) is 0.846. The number of fused-ring (bicyclic) bond motifs is 1. The van der Waals surface area contributed by atoms with E-state index in [0.29, 0.717) is 6.42 Å². The summed E-state index contributed by atoms with van der Waals surface area (Å²) >= 11 is 0. The zero-order valence-electron chi connectivity index (χ0n) is 24.3. The van der Waals surface area contributed by atoms with Gasteiger partial charge in [-0.25, -0.2) is 5.06 Å². The van der Waals surface area contributed by atoms with Crippen molar-refractivity contribution in [2.45, 2.75) is 128 Å². The average molecular weight is 530 g/mol. The van der Waals surface area contributed by atoms with E-state index in [0.717, 1.165) is 23.7 Å². The van der Waals surface area contributed by atoms with Crippen molar-refractivity contribution in [3.05, 3.63) is 12.2 Å². The molecule has 5 atom stereocenters.